The molecule has 0 aliphatic carbocycles. The first-order chi connectivity index (χ1) is 9.98. The smallest absolute Gasteiger partial charge is 0.264 e. The second-order valence-corrected chi connectivity index (χ2v) is 6.22. The van der Waals surface area contributed by atoms with Gasteiger partial charge in [-0.25, -0.2) is 8.42 Å². The SMILES string of the molecule is CCN(c1ccc(O)cc1)S(=O)(=O)c1ccc(OC)cc1. The molecule has 0 heterocycles. The molecule has 0 aromatic heterocycles. The van der Waals surface area contributed by atoms with Crippen molar-refractivity contribution in [3.63, 3.8) is 0 Å². The second kappa shape index (κ2) is 6.05. The lowest BCUT2D eigenvalue weighted by atomic mass is 10.3. The van der Waals surface area contributed by atoms with E-state index in [0.29, 0.717) is 18.0 Å². The van der Waals surface area contributed by atoms with E-state index in [1.54, 1.807) is 31.2 Å². The number of sulfonamides is 1. The normalized spacial score (nSPS) is 11.1. The highest BCUT2D eigenvalue weighted by Gasteiger charge is 2.23. The highest BCUT2D eigenvalue weighted by molar-refractivity contribution is 7.92. The fraction of sp³-hybridized carbons (Fsp3) is 0.200. The molecule has 2 aromatic rings. The Bertz CT molecular complexity index is 693. The lowest BCUT2D eigenvalue weighted by molar-refractivity contribution is 0.414. The van der Waals surface area contributed by atoms with Crippen LogP contribution in [-0.4, -0.2) is 27.2 Å². The van der Waals surface area contributed by atoms with Gasteiger partial charge in [0.1, 0.15) is 11.5 Å². The highest BCUT2D eigenvalue weighted by Crippen LogP contribution is 2.26. The molecule has 0 saturated carbocycles. The van der Waals surface area contributed by atoms with Gasteiger partial charge in [0, 0.05) is 6.54 Å². The van der Waals surface area contributed by atoms with Crippen molar-refractivity contribution in [3.8, 4) is 11.5 Å². The van der Waals surface area contributed by atoms with Crippen molar-refractivity contribution in [3.05, 3.63) is 48.5 Å². The molecule has 5 nitrogen and oxygen atoms in total. The van der Waals surface area contributed by atoms with E-state index in [4.69, 9.17) is 4.74 Å². The van der Waals surface area contributed by atoms with Gasteiger partial charge in [-0.1, -0.05) is 0 Å². The minimum absolute atomic E-state index is 0.0941. The minimum Gasteiger partial charge on any atom is -0.508 e. The Kier molecular flexibility index (Phi) is 4.37. The van der Waals surface area contributed by atoms with Crippen LogP contribution in [0.25, 0.3) is 0 Å². The Morgan fingerprint density at radius 3 is 2.10 bits per heavy atom. The summed E-state index contributed by atoms with van der Waals surface area (Å²) in [5.74, 6) is 0.693. The zero-order valence-electron chi connectivity index (χ0n) is 11.9. The number of hydrogen-bond donors (Lipinski definition) is 1. The summed E-state index contributed by atoms with van der Waals surface area (Å²) in [5.41, 5.74) is 0.506. The highest BCUT2D eigenvalue weighted by atomic mass is 32.2. The van der Waals surface area contributed by atoms with Gasteiger partial charge < -0.3 is 9.84 Å². The largest absolute Gasteiger partial charge is 0.508 e. The van der Waals surface area contributed by atoms with Crippen LogP contribution in [0.2, 0.25) is 0 Å². The van der Waals surface area contributed by atoms with Crippen molar-refractivity contribution in [1.29, 1.82) is 0 Å². The van der Waals surface area contributed by atoms with Gasteiger partial charge in [0.25, 0.3) is 10.0 Å². The summed E-state index contributed by atoms with van der Waals surface area (Å²) in [5, 5.41) is 9.31. The molecule has 112 valence electrons. The van der Waals surface area contributed by atoms with Crippen LogP contribution in [0.3, 0.4) is 0 Å². The molecule has 6 heteroatoms. The first kappa shape index (κ1) is 15.2. The van der Waals surface area contributed by atoms with E-state index < -0.39 is 10.0 Å². The maximum atomic E-state index is 12.7. The Balaban J connectivity index is 2.41. The number of benzene rings is 2. The summed E-state index contributed by atoms with van der Waals surface area (Å²) >= 11 is 0. The zero-order valence-corrected chi connectivity index (χ0v) is 12.7. The fourth-order valence-electron chi connectivity index (χ4n) is 1.99. The summed E-state index contributed by atoms with van der Waals surface area (Å²) in [6.07, 6.45) is 0. The molecular weight excluding hydrogens is 290 g/mol. The Morgan fingerprint density at radius 1 is 1.05 bits per heavy atom. The molecule has 21 heavy (non-hydrogen) atoms. The number of phenolic OH excluding ortho intramolecular Hbond substituents is 1. The van der Waals surface area contributed by atoms with Crippen LogP contribution < -0.4 is 9.04 Å². The van der Waals surface area contributed by atoms with Crippen LogP contribution in [0.5, 0.6) is 11.5 Å². The van der Waals surface area contributed by atoms with Crippen molar-refractivity contribution in [2.45, 2.75) is 11.8 Å². The predicted octanol–water partition coefficient (Wildman–Crippen LogP) is 2.62. The van der Waals surface area contributed by atoms with E-state index >= 15 is 0 Å². The molecule has 0 bridgehead atoms. The Labute approximate surface area is 124 Å². The van der Waals surface area contributed by atoms with Crippen molar-refractivity contribution < 1.29 is 18.3 Å². The summed E-state index contributed by atoms with van der Waals surface area (Å²) < 4.78 is 31.7. The monoisotopic (exact) mass is 307 g/mol. The molecule has 0 atom stereocenters. The summed E-state index contributed by atoms with van der Waals surface area (Å²) in [6.45, 7) is 2.05. The van der Waals surface area contributed by atoms with Gasteiger partial charge in [-0.3, -0.25) is 4.31 Å². The van der Waals surface area contributed by atoms with Gasteiger partial charge in [-0.2, -0.15) is 0 Å². The standard InChI is InChI=1S/C15H17NO4S/c1-3-16(12-4-6-13(17)7-5-12)21(18,19)15-10-8-14(20-2)9-11-15/h4-11,17H,3H2,1-2H3. The molecule has 0 fully saturated rings. The third-order valence-corrected chi connectivity index (χ3v) is 4.99. The maximum absolute atomic E-state index is 12.7. The Morgan fingerprint density at radius 2 is 1.62 bits per heavy atom. The van der Waals surface area contributed by atoms with Crippen molar-refractivity contribution in [2.24, 2.45) is 0 Å². The zero-order chi connectivity index (χ0) is 15.5. The van der Waals surface area contributed by atoms with Crippen molar-refractivity contribution >= 4 is 15.7 Å². The maximum Gasteiger partial charge on any atom is 0.264 e. The van der Waals surface area contributed by atoms with Gasteiger partial charge in [0.2, 0.25) is 0 Å². The second-order valence-electron chi connectivity index (χ2n) is 4.36. The van der Waals surface area contributed by atoms with Crippen LogP contribution in [0.4, 0.5) is 5.69 Å². The minimum atomic E-state index is -3.65. The third kappa shape index (κ3) is 3.11. The lowest BCUT2D eigenvalue weighted by Crippen LogP contribution is -2.30. The molecule has 0 aliphatic heterocycles. The molecule has 0 saturated heterocycles. The van der Waals surface area contributed by atoms with Crippen LogP contribution in [0.1, 0.15) is 6.92 Å². The van der Waals surface area contributed by atoms with E-state index in [0.717, 1.165) is 0 Å². The number of hydrogen-bond acceptors (Lipinski definition) is 4. The number of rotatable bonds is 5. The van der Waals surface area contributed by atoms with Crippen molar-refractivity contribution in [2.75, 3.05) is 18.0 Å². The average molecular weight is 307 g/mol. The number of nitrogens with zero attached hydrogens (tertiary/aromatic N) is 1. The lowest BCUT2D eigenvalue weighted by Gasteiger charge is -2.23. The topological polar surface area (TPSA) is 66.8 Å². The van der Waals surface area contributed by atoms with Crippen LogP contribution >= 0.6 is 0 Å². The van der Waals surface area contributed by atoms with Gasteiger partial charge in [-0.05, 0) is 55.5 Å². The molecule has 0 unspecified atom stereocenters. The number of phenols is 1. The van der Waals surface area contributed by atoms with Gasteiger partial charge in [0.15, 0.2) is 0 Å². The van der Waals surface area contributed by atoms with E-state index in [1.165, 1.54) is 35.7 Å². The summed E-state index contributed by atoms with van der Waals surface area (Å²) in [6, 6.07) is 12.3. The van der Waals surface area contributed by atoms with Gasteiger partial charge >= 0.3 is 0 Å². The molecule has 0 aliphatic rings. The molecule has 0 radical (unpaired) electrons. The fourth-order valence-corrected chi connectivity index (χ4v) is 3.46. The molecule has 0 amide bonds. The van der Waals surface area contributed by atoms with E-state index in [9.17, 15) is 13.5 Å². The first-order valence-corrected chi connectivity index (χ1v) is 7.89. The average Bonchev–Trinajstić information content (AvgIpc) is 2.50. The third-order valence-electron chi connectivity index (χ3n) is 3.07. The van der Waals surface area contributed by atoms with Gasteiger partial charge in [0.05, 0.1) is 17.7 Å². The molecule has 2 aromatic carbocycles. The number of ether oxygens (including phenoxy) is 1. The van der Waals surface area contributed by atoms with Gasteiger partial charge in [-0.15, -0.1) is 0 Å². The predicted molar refractivity (Wildman–Crippen MR) is 81.3 cm³/mol. The van der Waals surface area contributed by atoms with E-state index in [2.05, 4.69) is 0 Å². The van der Waals surface area contributed by atoms with Crippen molar-refractivity contribution in [1.82, 2.24) is 0 Å². The first-order valence-electron chi connectivity index (χ1n) is 6.45. The molecule has 0 spiro atoms. The van der Waals surface area contributed by atoms with E-state index in [1.807, 2.05) is 0 Å². The van der Waals surface area contributed by atoms with E-state index in [-0.39, 0.29) is 10.6 Å². The Hall–Kier alpha value is -2.21. The quantitative estimate of drug-likeness (QED) is 0.922. The number of anilines is 1. The van der Waals surface area contributed by atoms with Crippen LogP contribution in [0, 0.1) is 0 Å². The van der Waals surface area contributed by atoms with Crippen LogP contribution in [0.15, 0.2) is 53.4 Å². The van der Waals surface area contributed by atoms with Crippen LogP contribution in [-0.2, 0) is 10.0 Å². The number of aromatic hydroxyl groups is 1. The number of methoxy groups -OCH3 is 1. The molecule has 2 rings (SSSR count). The molecular formula is C15H17NO4S. The molecule has 1 N–H and O–H groups in total. The summed E-state index contributed by atoms with van der Waals surface area (Å²) in [4.78, 5) is 0.193. The summed E-state index contributed by atoms with van der Waals surface area (Å²) in [7, 11) is -2.12.